The second-order valence-electron chi connectivity index (χ2n) is 3.24. The lowest BCUT2D eigenvalue weighted by Gasteiger charge is -2.06. The van der Waals surface area contributed by atoms with Gasteiger partial charge in [-0.25, -0.2) is 9.97 Å². The normalized spacial score (nSPS) is 10.7. The summed E-state index contributed by atoms with van der Waals surface area (Å²) in [6.45, 7) is 0.366. The molecule has 0 N–H and O–H groups in total. The van der Waals surface area contributed by atoms with Crippen molar-refractivity contribution in [2.45, 2.75) is 6.54 Å². The van der Waals surface area contributed by atoms with E-state index in [-0.39, 0.29) is 15.2 Å². The summed E-state index contributed by atoms with van der Waals surface area (Å²) in [7, 11) is 1.87. The Balaban J connectivity index is 2.40. The van der Waals surface area contributed by atoms with Crippen molar-refractivity contribution < 1.29 is 0 Å². The molecule has 0 fully saturated rings. The van der Waals surface area contributed by atoms with E-state index in [1.54, 1.807) is 6.20 Å². The predicted molar refractivity (Wildman–Crippen MR) is 63.5 cm³/mol. The molecular formula is C9H8BrClN4O. The van der Waals surface area contributed by atoms with Gasteiger partial charge in [0.2, 0.25) is 0 Å². The van der Waals surface area contributed by atoms with Gasteiger partial charge in [-0.15, -0.1) is 0 Å². The third-order valence-corrected chi connectivity index (χ3v) is 3.40. The first-order chi connectivity index (χ1) is 7.59. The lowest BCUT2D eigenvalue weighted by Crippen LogP contribution is -2.23. The van der Waals surface area contributed by atoms with Gasteiger partial charge in [-0.1, -0.05) is 11.6 Å². The van der Waals surface area contributed by atoms with E-state index in [0.29, 0.717) is 6.54 Å². The third-order valence-electron chi connectivity index (χ3n) is 2.17. The van der Waals surface area contributed by atoms with Gasteiger partial charge in [-0.05, 0) is 15.9 Å². The van der Waals surface area contributed by atoms with Crippen molar-refractivity contribution in [3.8, 4) is 0 Å². The molecule has 0 aromatic carbocycles. The maximum atomic E-state index is 11.8. The second-order valence-corrected chi connectivity index (χ2v) is 4.39. The van der Waals surface area contributed by atoms with Crippen molar-refractivity contribution in [2.24, 2.45) is 7.05 Å². The number of halogens is 2. The number of imidazole rings is 1. The molecule has 0 bridgehead atoms. The fraction of sp³-hybridized carbons (Fsp3) is 0.222. The molecule has 0 spiro atoms. The SMILES string of the molecule is Cn1ccnc1Cn1cnc(Cl)c(Br)c1=O. The van der Waals surface area contributed by atoms with Crippen molar-refractivity contribution in [3.05, 3.63) is 44.5 Å². The standard InChI is InChI=1S/C9H8BrClN4O/c1-14-3-2-12-6(14)4-15-5-13-8(11)7(10)9(15)16/h2-3,5H,4H2,1H3. The number of nitrogens with zero attached hydrogens (tertiary/aromatic N) is 4. The molecule has 2 aromatic heterocycles. The highest BCUT2D eigenvalue weighted by Crippen LogP contribution is 2.13. The lowest BCUT2D eigenvalue weighted by atomic mass is 10.5. The van der Waals surface area contributed by atoms with E-state index in [4.69, 9.17) is 11.6 Å². The minimum atomic E-state index is -0.219. The molecule has 0 atom stereocenters. The van der Waals surface area contributed by atoms with Crippen LogP contribution in [0.25, 0.3) is 0 Å². The molecule has 7 heteroatoms. The molecule has 0 aliphatic rings. The van der Waals surface area contributed by atoms with E-state index < -0.39 is 0 Å². The molecule has 5 nitrogen and oxygen atoms in total. The monoisotopic (exact) mass is 302 g/mol. The molecule has 0 amide bonds. The molecule has 84 valence electrons. The summed E-state index contributed by atoms with van der Waals surface area (Å²) in [5.41, 5.74) is -0.219. The highest BCUT2D eigenvalue weighted by Gasteiger charge is 2.08. The molecule has 0 aliphatic heterocycles. The van der Waals surface area contributed by atoms with Crippen molar-refractivity contribution in [2.75, 3.05) is 0 Å². The predicted octanol–water partition coefficient (Wildman–Crippen LogP) is 1.44. The van der Waals surface area contributed by atoms with E-state index in [1.165, 1.54) is 10.9 Å². The molecule has 0 saturated heterocycles. The van der Waals surface area contributed by atoms with Crippen LogP contribution in [0, 0.1) is 0 Å². The maximum Gasteiger partial charge on any atom is 0.269 e. The van der Waals surface area contributed by atoms with E-state index in [2.05, 4.69) is 25.9 Å². The topological polar surface area (TPSA) is 52.7 Å². The van der Waals surface area contributed by atoms with Gasteiger partial charge in [0.25, 0.3) is 5.56 Å². The Bertz CT molecular complexity index is 577. The Morgan fingerprint density at radius 1 is 1.50 bits per heavy atom. The van der Waals surface area contributed by atoms with Crippen LogP contribution in [-0.2, 0) is 13.6 Å². The van der Waals surface area contributed by atoms with Gasteiger partial charge in [-0.3, -0.25) is 9.36 Å². The van der Waals surface area contributed by atoms with Gasteiger partial charge in [-0.2, -0.15) is 0 Å². The van der Waals surface area contributed by atoms with Crippen LogP contribution in [-0.4, -0.2) is 19.1 Å². The van der Waals surface area contributed by atoms with Gasteiger partial charge in [0.05, 0.1) is 12.9 Å². The second kappa shape index (κ2) is 4.39. The minimum Gasteiger partial charge on any atom is -0.337 e. The van der Waals surface area contributed by atoms with Crippen LogP contribution in [0.15, 0.2) is 28.0 Å². The quantitative estimate of drug-likeness (QED) is 0.789. The zero-order valence-electron chi connectivity index (χ0n) is 8.39. The third kappa shape index (κ3) is 2.03. The van der Waals surface area contributed by atoms with E-state index in [0.717, 1.165) is 5.82 Å². The largest absolute Gasteiger partial charge is 0.337 e. The van der Waals surface area contributed by atoms with Gasteiger partial charge >= 0.3 is 0 Å². The summed E-state index contributed by atoms with van der Waals surface area (Å²) in [6.07, 6.45) is 4.90. The maximum absolute atomic E-state index is 11.8. The summed E-state index contributed by atoms with van der Waals surface area (Å²) >= 11 is 8.80. The van der Waals surface area contributed by atoms with E-state index in [1.807, 2.05) is 17.8 Å². The number of aryl methyl sites for hydroxylation is 1. The van der Waals surface area contributed by atoms with Crippen molar-refractivity contribution >= 4 is 27.5 Å². The van der Waals surface area contributed by atoms with Crippen LogP contribution in [0.4, 0.5) is 0 Å². The van der Waals surface area contributed by atoms with Crippen LogP contribution in [0.5, 0.6) is 0 Å². The van der Waals surface area contributed by atoms with Gasteiger partial charge in [0.15, 0.2) is 5.15 Å². The molecule has 2 aromatic rings. The first kappa shape index (κ1) is 11.3. The molecule has 0 unspecified atom stereocenters. The lowest BCUT2D eigenvalue weighted by molar-refractivity contribution is 0.663. The highest BCUT2D eigenvalue weighted by molar-refractivity contribution is 9.10. The van der Waals surface area contributed by atoms with Crippen molar-refractivity contribution in [3.63, 3.8) is 0 Å². The Hall–Kier alpha value is -1.14. The minimum absolute atomic E-state index is 0.168. The number of hydrogen-bond acceptors (Lipinski definition) is 3. The molecule has 0 saturated carbocycles. The van der Waals surface area contributed by atoms with Crippen molar-refractivity contribution in [1.29, 1.82) is 0 Å². The van der Waals surface area contributed by atoms with Crippen LogP contribution in [0.3, 0.4) is 0 Å². The molecule has 16 heavy (non-hydrogen) atoms. The molecule has 2 rings (SSSR count). The van der Waals surface area contributed by atoms with E-state index in [9.17, 15) is 4.79 Å². The van der Waals surface area contributed by atoms with Gasteiger partial charge in [0, 0.05) is 19.4 Å². The molecule has 0 aliphatic carbocycles. The van der Waals surface area contributed by atoms with Crippen LogP contribution >= 0.6 is 27.5 Å². The Morgan fingerprint density at radius 2 is 2.25 bits per heavy atom. The summed E-state index contributed by atoms with van der Waals surface area (Å²) < 4.78 is 3.55. The zero-order valence-corrected chi connectivity index (χ0v) is 10.7. The Morgan fingerprint density at radius 3 is 2.88 bits per heavy atom. The van der Waals surface area contributed by atoms with E-state index >= 15 is 0 Å². The Labute approximate surface area is 105 Å². The first-order valence-electron chi connectivity index (χ1n) is 4.46. The van der Waals surface area contributed by atoms with Gasteiger partial charge in [0.1, 0.15) is 10.3 Å². The molecule has 2 heterocycles. The fourth-order valence-electron chi connectivity index (χ4n) is 1.26. The van der Waals surface area contributed by atoms with Gasteiger partial charge < -0.3 is 4.57 Å². The Kier molecular flexibility index (Phi) is 3.11. The molecule has 0 radical (unpaired) electrons. The summed E-state index contributed by atoms with van der Waals surface area (Å²) in [6, 6.07) is 0. The summed E-state index contributed by atoms with van der Waals surface area (Å²) in [5.74, 6) is 0.776. The average molecular weight is 304 g/mol. The number of rotatable bonds is 2. The highest BCUT2D eigenvalue weighted by atomic mass is 79.9. The summed E-state index contributed by atoms with van der Waals surface area (Å²) in [5, 5.41) is 0.168. The first-order valence-corrected chi connectivity index (χ1v) is 5.63. The number of hydrogen-bond donors (Lipinski definition) is 0. The van der Waals surface area contributed by atoms with Crippen LogP contribution in [0.2, 0.25) is 5.15 Å². The summed E-state index contributed by atoms with van der Waals surface area (Å²) in [4.78, 5) is 19.8. The average Bonchev–Trinajstić information content (AvgIpc) is 2.65. The van der Waals surface area contributed by atoms with Crippen LogP contribution < -0.4 is 5.56 Å². The van der Waals surface area contributed by atoms with Crippen LogP contribution in [0.1, 0.15) is 5.82 Å². The smallest absolute Gasteiger partial charge is 0.269 e. The number of aromatic nitrogens is 4. The fourth-order valence-corrected chi connectivity index (χ4v) is 1.71. The van der Waals surface area contributed by atoms with Crippen molar-refractivity contribution in [1.82, 2.24) is 19.1 Å². The molecular weight excluding hydrogens is 295 g/mol. The zero-order chi connectivity index (χ0) is 11.7.